The van der Waals surface area contributed by atoms with Gasteiger partial charge in [-0.1, -0.05) is 30.7 Å². The predicted octanol–water partition coefficient (Wildman–Crippen LogP) is 3.62. The standard InChI is InChI=1S/C15H23NO/c1-6-16-14(9-11(2)3)13-8-7-12(4)10-15(13)17-5/h7-10,14,16H,6H2,1-5H3. The minimum Gasteiger partial charge on any atom is -0.496 e. The predicted molar refractivity (Wildman–Crippen MR) is 73.6 cm³/mol. The maximum atomic E-state index is 5.47. The molecule has 2 nitrogen and oxygen atoms in total. The van der Waals surface area contributed by atoms with Crippen molar-refractivity contribution in [1.29, 1.82) is 0 Å². The van der Waals surface area contributed by atoms with Gasteiger partial charge in [-0.25, -0.2) is 0 Å². The van der Waals surface area contributed by atoms with Crippen molar-refractivity contribution in [3.8, 4) is 5.75 Å². The summed E-state index contributed by atoms with van der Waals surface area (Å²) >= 11 is 0. The Bertz CT molecular complexity index is 392. The fourth-order valence-corrected chi connectivity index (χ4v) is 1.89. The maximum Gasteiger partial charge on any atom is 0.124 e. The molecule has 0 aliphatic rings. The molecule has 0 saturated heterocycles. The molecule has 0 heterocycles. The molecular weight excluding hydrogens is 210 g/mol. The van der Waals surface area contributed by atoms with Gasteiger partial charge in [-0.3, -0.25) is 0 Å². The van der Waals surface area contributed by atoms with Crippen molar-refractivity contribution in [2.24, 2.45) is 0 Å². The Morgan fingerprint density at radius 1 is 1.41 bits per heavy atom. The van der Waals surface area contributed by atoms with Crippen molar-refractivity contribution in [2.75, 3.05) is 13.7 Å². The number of methoxy groups -OCH3 is 1. The smallest absolute Gasteiger partial charge is 0.124 e. The number of nitrogens with one attached hydrogen (secondary N) is 1. The summed E-state index contributed by atoms with van der Waals surface area (Å²) < 4.78 is 5.47. The molecule has 0 aromatic heterocycles. The molecule has 0 spiro atoms. The second-order valence-corrected chi connectivity index (χ2v) is 4.52. The number of hydrogen-bond donors (Lipinski definition) is 1. The van der Waals surface area contributed by atoms with E-state index in [1.165, 1.54) is 16.7 Å². The van der Waals surface area contributed by atoms with E-state index >= 15 is 0 Å². The summed E-state index contributed by atoms with van der Waals surface area (Å²) in [5, 5.41) is 3.47. The molecule has 1 aromatic carbocycles. The molecule has 17 heavy (non-hydrogen) atoms. The first-order chi connectivity index (χ1) is 8.08. The minimum atomic E-state index is 0.223. The summed E-state index contributed by atoms with van der Waals surface area (Å²) in [4.78, 5) is 0. The fourth-order valence-electron chi connectivity index (χ4n) is 1.89. The zero-order valence-electron chi connectivity index (χ0n) is 11.5. The van der Waals surface area contributed by atoms with Crippen molar-refractivity contribution in [1.82, 2.24) is 5.32 Å². The summed E-state index contributed by atoms with van der Waals surface area (Å²) in [7, 11) is 1.73. The van der Waals surface area contributed by atoms with E-state index in [9.17, 15) is 0 Å². The van der Waals surface area contributed by atoms with Crippen LogP contribution in [0.15, 0.2) is 29.8 Å². The highest BCUT2D eigenvalue weighted by Crippen LogP contribution is 2.27. The molecule has 94 valence electrons. The monoisotopic (exact) mass is 233 g/mol. The van der Waals surface area contributed by atoms with Crippen molar-refractivity contribution in [3.05, 3.63) is 41.0 Å². The van der Waals surface area contributed by atoms with E-state index in [-0.39, 0.29) is 6.04 Å². The van der Waals surface area contributed by atoms with E-state index in [4.69, 9.17) is 4.74 Å². The first kappa shape index (κ1) is 13.8. The van der Waals surface area contributed by atoms with Crippen LogP contribution in [-0.4, -0.2) is 13.7 Å². The van der Waals surface area contributed by atoms with Crippen LogP contribution in [0.5, 0.6) is 5.75 Å². The lowest BCUT2D eigenvalue weighted by Gasteiger charge is -2.18. The van der Waals surface area contributed by atoms with Gasteiger partial charge in [0.2, 0.25) is 0 Å². The van der Waals surface area contributed by atoms with Gasteiger partial charge in [0.15, 0.2) is 0 Å². The third kappa shape index (κ3) is 3.90. The van der Waals surface area contributed by atoms with Gasteiger partial charge >= 0.3 is 0 Å². The van der Waals surface area contributed by atoms with E-state index in [1.54, 1.807) is 7.11 Å². The topological polar surface area (TPSA) is 21.3 Å². The number of hydrogen-bond acceptors (Lipinski definition) is 2. The number of allylic oxidation sites excluding steroid dienone is 1. The summed E-state index contributed by atoms with van der Waals surface area (Å²) in [5.74, 6) is 0.952. The van der Waals surface area contributed by atoms with E-state index < -0.39 is 0 Å². The van der Waals surface area contributed by atoms with Gasteiger partial charge in [-0.2, -0.15) is 0 Å². The number of benzene rings is 1. The van der Waals surface area contributed by atoms with Crippen LogP contribution in [0.2, 0.25) is 0 Å². The first-order valence-electron chi connectivity index (χ1n) is 6.11. The van der Waals surface area contributed by atoms with Crippen LogP contribution < -0.4 is 10.1 Å². The molecule has 1 aromatic rings. The Balaban J connectivity index is 3.13. The molecule has 0 fully saturated rings. The molecule has 2 heteroatoms. The van der Waals surface area contributed by atoms with Crippen LogP contribution in [0.4, 0.5) is 0 Å². The van der Waals surface area contributed by atoms with Crippen LogP contribution in [0.3, 0.4) is 0 Å². The molecule has 0 saturated carbocycles. The molecule has 0 amide bonds. The zero-order valence-corrected chi connectivity index (χ0v) is 11.5. The lowest BCUT2D eigenvalue weighted by atomic mass is 10.0. The average molecular weight is 233 g/mol. The Kier molecular flexibility index (Phi) is 5.23. The Labute approximate surface area is 105 Å². The Morgan fingerprint density at radius 3 is 2.65 bits per heavy atom. The molecule has 0 radical (unpaired) electrons. The quantitative estimate of drug-likeness (QED) is 0.784. The highest BCUT2D eigenvalue weighted by atomic mass is 16.5. The Hall–Kier alpha value is -1.28. The molecular formula is C15H23NO. The molecule has 0 aliphatic carbocycles. The maximum absolute atomic E-state index is 5.47. The second-order valence-electron chi connectivity index (χ2n) is 4.52. The van der Waals surface area contributed by atoms with Crippen molar-refractivity contribution >= 4 is 0 Å². The number of aryl methyl sites for hydroxylation is 1. The number of likely N-dealkylation sites (N-methyl/N-ethyl adjacent to an activating group) is 1. The average Bonchev–Trinajstić information content (AvgIpc) is 2.27. The Morgan fingerprint density at radius 2 is 2.12 bits per heavy atom. The molecule has 1 rings (SSSR count). The van der Waals surface area contributed by atoms with Gasteiger partial charge in [0.1, 0.15) is 5.75 Å². The van der Waals surface area contributed by atoms with Gasteiger partial charge in [0.05, 0.1) is 13.2 Å². The van der Waals surface area contributed by atoms with Crippen LogP contribution >= 0.6 is 0 Å². The minimum absolute atomic E-state index is 0.223. The highest BCUT2D eigenvalue weighted by molar-refractivity contribution is 5.41. The molecule has 1 unspecified atom stereocenters. The SMILES string of the molecule is CCNC(C=C(C)C)c1ccc(C)cc1OC. The van der Waals surface area contributed by atoms with Crippen LogP contribution in [0, 0.1) is 6.92 Å². The van der Waals surface area contributed by atoms with Crippen LogP contribution in [0.25, 0.3) is 0 Å². The summed E-state index contributed by atoms with van der Waals surface area (Å²) in [6.07, 6.45) is 2.23. The summed E-state index contributed by atoms with van der Waals surface area (Å²) in [5.41, 5.74) is 3.72. The molecule has 0 aliphatic heterocycles. The molecule has 1 atom stereocenters. The van der Waals surface area contributed by atoms with Crippen LogP contribution in [0.1, 0.15) is 37.9 Å². The normalized spacial score (nSPS) is 12.1. The van der Waals surface area contributed by atoms with Gasteiger partial charge < -0.3 is 10.1 Å². The van der Waals surface area contributed by atoms with E-state index in [0.717, 1.165) is 12.3 Å². The third-order valence-corrected chi connectivity index (χ3v) is 2.65. The molecule has 1 N–H and O–H groups in total. The lowest BCUT2D eigenvalue weighted by molar-refractivity contribution is 0.404. The second kappa shape index (κ2) is 6.45. The van der Waals surface area contributed by atoms with Crippen molar-refractivity contribution in [3.63, 3.8) is 0 Å². The molecule has 0 bridgehead atoms. The van der Waals surface area contributed by atoms with E-state index in [2.05, 4.69) is 57.3 Å². The van der Waals surface area contributed by atoms with Crippen molar-refractivity contribution in [2.45, 2.75) is 33.7 Å². The van der Waals surface area contributed by atoms with Gasteiger partial charge in [0, 0.05) is 5.56 Å². The largest absolute Gasteiger partial charge is 0.496 e. The highest BCUT2D eigenvalue weighted by Gasteiger charge is 2.12. The van der Waals surface area contributed by atoms with Gasteiger partial charge in [0.25, 0.3) is 0 Å². The van der Waals surface area contributed by atoms with Crippen molar-refractivity contribution < 1.29 is 4.74 Å². The zero-order chi connectivity index (χ0) is 12.8. The fraction of sp³-hybridized carbons (Fsp3) is 0.467. The van der Waals surface area contributed by atoms with E-state index in [1.807, 2.05) is 0 Å². The first-order valence-corrected chi connectivity index (χ1v) is 6.11. The van der Waals surface area contributed by atoms with Gasteiger partial charge in [-0.05, 0) is 38.9 Å². The summed E-state index contributed by atoms with van der Waals surface area (Å²) in [6.45, 7) is 9.36. The van der Waals surface area contributed by atoms with E-state index in [0.29, 0.717) is 0 Å². The van der Waals surface area contributed by atoms with Gasteiger partial charge in [-0.15, -0.1) is 0 Å². The summed E-state index contributed by atoms with van der Waals surface area (Å²) in [6, 6.07) is 6.57. The third-order valence-electron chi connectivity index (χ3n) is 2.65. The number of rotatable bonds is 5. The lowest BCUT2D eigenvalue weighted by Crippen LogP contribution is -2.20. The van der Waals surface area contributed by atoms with Crippen LogP contribution in [-0.2, 0) is 0 Å². The number of ether oxygens (including phenoxy) is 1.